The number of nitrogens with zero attached hydrogens (tertiary/aromatic N) is 1. The number of esters is 1. The molecule has 0 bridgehead atoms. The summed E-state index contributed by atoms with van der Waals surface area (Å²) in [6.45, 7) is 5.60. The van der Waals surface area contributed by atoms with E-state index in [1.165, 1.54) is 148 Å². The second-order valence-corrected chi connectivity index (χ2v) is 18.9. The Hall–Kier alpha value is -1.28. The van der Waals surface area contributed by atoms with E-state index in [0.717, 1.165) is 44.9 Å². The zero-order valence-electron chi connectivity index (χ0n) is 38.8. The summed E-state index contributed by atoms with van der Waals surface area (Å²) in [4.78, 5) is 23.0. The summed E-state index contributed by atoms with van der Waals surface area (Å²) < 4.78 is 35.1. The SMILES string of the molecule is CCCCCC/C=C\C/C=C\CCCCCCCCOCC(COP(=O)(O)OCC[N+](C)(C)C)OC(=O)CCCCCCCCCCC/C=C\CCCCCCCC. The summed E-state index contributed by atoms with van der Waals surface area (Å²) >= 11 is 0. The number of hydrogen-bond donors (Lipinski definition) is 1. The zero-order valence-corrected chi connectivity index (χ0v) is 39.7. The molecule has 0 amide bonds. The Morgan fingerprint density at radius 1 is 0.534 bits per heavy atom. The van der Waals surface area contributed by atoms with Crippen molar-refractivity contribution >= 4 is 13.8 Å². The van der Waals surface area contributed by atoms with Crippen LogP contribution in [-0.4, -0.2) is 75.6 Å². The highest BCUT2D eigenvalue weighted by Gasteiger charge is 2.26. The van der Waals surface area contributed by atoms with Gasteiger partial charge in [-0.3, -0.25) is 13.8 Å². The number of unbranched alkanes of at least 4 members (excludes halogenated alkanes) is 25. The fourth-order valence-corrected chi connectivity index (χ4v) is 7.38. The Bertz CT molecular complexity index is 1020. The average Bonchev–Trinajstić information content (AvgIpc) is 3.18. The molecule has 0 aliphatic carbocycles. The molecule has 0 spiro atoms. The standard InChI is InChI=1S/C49H94NO7P/c1-6-8-10-12-14-16-18-20-22-24-25-26-28-30-32-34-36-38-40-42-49(51)57-48(47-56-58(52,53)55-45-43-50(3,4)5)46-54-44-41-39-37-35-33-31-29-27-23-21-19-17-15-13-11-9-7-2/h17,19-20,22-23,27,48H,6-16,18,21,24-26,28-47H2,1-5H3/p+1/b19-17-,22-20-,27-23-. The molecule has 0 saturated carbocycles. The molecular formula is C49H95NO7P+. The number of allylic oxidation sites excluding steroid dienone is 6. The number of phosphoric ester groups is 1. The van der Waals surface area contributed by atoms with Crippen LogP contribution in [0.3, 0.4) is 0 Å². The number of likely N-dealkylation sites (N-methyl/N-ethyl adjacent to an activating group) is 1. The van der Waals surface area contributed by atoms with Crippen molar-refractivity contribution in [2.75, 3.05) is 54.1 Å². The van der Waals surface area contributed by atoms with Crippen molar-refractivity contribution in [3.63, 3.8) is 0 Å². The Labute approximate surface area is 359 Å². The molecule has 8 nitrogen and oxygen atoms in total. The Morgan fingerprint density at radius 3 is 1.43 bits per heavy atom. The Morgan fingerprint density at radius 2 is 0.948 bits per heavy atom. The number of phosphoric acid groups is 1. The first-order valence-electron chi connectivity index (χ1n) is 24.2. The van der Waals surface area contributed by atoms with Gasteiger partial charge in [0.15, 0.2) is 0 Å². The predicted octanol–water partition coefficient (Wildman–Crippen LogP) is 14.6. The van der Waals surface area contributed by atoms with Crippen molar-refractivity contribution in [2.45, 2.75) is 219 Å². The minimum Gasteiger partial charge on any atom is -0.457 e. The second kappa shape index (κ2) is 42.4. The van der Waals surface area contributed by atoms with Gasteiger partial charge in [0, 0.05) is 13.0 Å². The maximum atomic E-state index is 12.7. The van der Waals surface area contributed by atoms with E-state index in [2.05, 4.69) is 50.3 Å². The molecule has 0 aliphatic rings. The molecule has 0 aromatic heterocycles. The van der Waals surface area contributed by atoms with Gasteiger partial charge in [-0.25, -0.2) is 4.57 Å². The largest absolute Gasteiger partial charge is 0.472 e. The Kier molecular flexibility index (Phi) is 41.5. The highest BCUT2D eigenvalue weighted by Crippen LogP contribution is 2.43. The van der Waals surface area contributed by atoms with E-state index < -0.39 is 13.9 Å². The average molecular weight is 841 g/mol. The molecule has 1 N–H and O–H groups in total. The third-order valence-electron chi connectivity index (χ3n) is 10.4. The summed E-state index contributed by atoms with van der Waals surface area (Å²) in [7, 11) is 1.66. The lowest BCUT2D eigenvalue weighted by molar-refractivity contribution is -0.870. The number of rotatable bonds is 45. The summed E-state index contributed by atoms with van der Waals surface area (Å²) in [5.74, 6) is -0.318. The first-order chi connectivity index (χ1) is 28.1. The molecule has 2 unspecified atom stereocenters. The molecule has 0 rings (SSSR count). The van der Waals surface area contributed by atoms with Crippen LogP contribution in [0.2, 0.25) is 0 Å². The van der Waals surface area contributed by atoms with Gasteiger partial charge in [-0.15, -0.1) is 0 Å². The van der Waals surface area contributed by atoms with E-state index in [1.54, 1.807) is 0 Å². The van der Waals surface area contributed by atoms with Crippen molar-refractivity contribution in [3.05, 3.63) is 36.5 Å². The number of carbonyl (C=O) groups is 1. The molecule has 0 radical (unpaired) electrons. The molecule has 9 heteroatoms. The van der Waals surface area contributed by atoms with Gasteiger partial charge in [0.1, 0.15) is 19.3 Å². The van der Waals surface area contributed by atoms with Crippen LogP contribution in [0.4, 0.5) is 0 Å². The lowest BCUT2D eigenvalue weighted by Gasteiger charge is -2.24. The summed E-state index contributed by atoms with van der Waals surface area (Å²) in [5, 5.41) is 0. The highest BCUT2D eigenvalue weighted by molar-refractivity contribution is 7.47. The summed E-state index contributed by atoms with van der Waals surface area (Å²) in [6, 6.07) is 0. The summed E-state index contributed by atoms with van der Waals surface area (Å²) in [6.07, 6.45) is 50.3. The van der Waals surface area contributed by atoms with E-state index in [4.69, 9.17) is 18.5 Å². The maximum Gasteiger partial charge on any atom is 0.472 e. The van der Waals surface area contributed by atoms with E-state index in [1.807, 2.05) is 21.1 Å². The first kappa shape index (κ1) is 56.7. The van der Waals surface area contributed by atoms with Crippen LogP contribution in [0.25, 0.3) is 0 Å². The Balaban J connectivity index is 4.19. The van der Waals surface area contributed by atoms with Crippen LogP contribution in [0.15, 0.2) is 36.5 Å². The van der Waals surface area contributed by atoms with E-state index >= 15 is 0 Å². The third-order valence-corrected chi connectivity index (χ3v) is 11.4. The van der Waals surface area contributed by atoms with E-state index in [0.29, 0.717) is 24.1 Å². The molecule has 0 saturated heterocycles. The van der Waals surface area contributed by atoms with Crippen molar-refractivity contribution in [1.29, 1.82) is 0 Å². The van der Waals surface area contributed by atoms with Crippen LogP contribution in [0.1, 0.15) is 213 Å². The van der Waals surface area contributed by atoms with Crippen molar-refractivity contribution in [3.8, 4) is 0 Å². The fraction of sp³-hybridized carbons (Fsp3) is 0.857. The molecule has 0 fully saturated rings. The molecular weight excluding hydrogens is 746 g/mol. The first-order valence-corrected chi connectivity index (χ1v) is 25.7. The van der Waals surface area contributed by atoms with Gasteiger partial charge in [0.05, 0.1) is 34.4 Å². The highest BCUT2D eigenvalue weighted by atomic mass is 31.2. The van der Waals surface area contributed by atoms with Crippen LogP contribution in [-0.2, 0) is 27.9 Å². The van der Waals surface area contributed by atoms with Crippen LogP contribution < -0.4 is 0 Å². The molecule has 2 atom stereocenters. The van der Waals surface area contributed by atoms with Gasteiger partial charge >= 0.3 is 13.8 Å². The summed E-state index contributed by atoms with van der Waals surface area (Å²) in [5.41, 5.74) is 0. The van der Waals surface area contributed by atoms with Gasteiger partial charge in [-0.2, -0.15) is 0 Å². The topological polar surface area (TPSA) is 91.3 Å². The quantitative estimate of drug-likeness (QED) is 0.0215. The lowest BCUT2D eigenvalue weighted by atomic mass is 10.1. The number of ether oxygens (including phenoxy) is 2. The van der Waals surface area contributed by atoms with Crippen molar-refractivity contribution < 1.29 is 37.3 Å². The minimum atomic E-state index is -4.28. The van der Waals surface area contributed by atoms with Gasteiger partial charge in [-0.1, -0.05) is 172 Å². The minimum absolute atomic E-state index is 0.0861. The number of carbonyl (C=O) groups excluding carboxylic acids is 1. The molecule has 0 aromatic rings. The van der Waals surface area contributed by atoms with Gasteiger partial charge in [-0.05, 0) is 70.6 Å². The molecule has 0 heterocycles. The van der Waals surface area contributed by atoms with Crippen molar-refractivity contribution in [1.82, 2.24) is 0 Å². The van der Waals surface area contributed by atoms with Gasteiger partial charge in [0.2, 0.25) is 0 Å². The molecule has 58 heavy (non-hydrogen) atoms. The van der Waals surface area contributed by atoms with Gasteiger partial charge < -0.3 is 18.9 Å². The second-order valence-electron chi connectivity index (χ2n) is 17.5. The predicted molar refractivity (Wildman–Crippen MR) is 247 cm³/mol. The number of hydrogen-bond acceptors (Lipinski definition) is 6. The van der Waals surface area contributed by atoms with E-state index in [-0.39, 0.29) is 25.8 Å². The maximum absolute atomic E-state index is 12.7. The fourth-order valence-electron chi connectivity index (χ4n) is 6.64. The van der Waals surface area contributed by atoms with Crippen molar-refractivity contribution in [2.24, 2.45) is 0 Å². The molecule has 0 aromatic carbocycles. The van der Waals surface area contributed by atoms with Gasteiger partial charge in [0.25, 0.3) is 0 Å². The lowest BCUT2D eigenvalue weighted by Crippen LogP contribution is -2.37. The third kappa shape index (κ3) is 45.8. The normalized spacial score (nSPS) is 14.0. The zero-order chi connectivity index (χ0) is 42.7. The smallest absolute Gasteiger partial charge is 0.457 e. The van der Waals surface area contributed by atoms with Crippen LogP contribution >= 0.6 is 7.82 Å². The molecule has 342 valence electrons. The van der Waals surface area contributed by atoms with Crippen LogP contribution in [0, 0.1) is 0 Å². The van der Waals surface area contributed by atoms with E-state index in [9.17, 15) is 14.3 Å². The number of quaternary nitrogens is 1. The molecule has 0 aliphatic heterocycles. The van der Waals surface area contributed by atoms with Crippen LogP contribution in [0.5, 0.6) is 0 Å². The monoisotopic (exact) mass is 841 g/mol.